The molecule has 204 valence electrons. The molecule has 0 amide bonds. The third-order valence-electron chi connectivity index (χ3n) is 10.3. The number of aliphatic hydroxyl groups excluding tert-OH is 2. The predicted molar refractivity (Wildman–Crippen MR) is 136 cm³/mol. The number of Topliss-reactive ketones (excluding diaryl/α,β-unsaturated/α-hetero) is 1. The lowest BCUT2D eigenvalue weighted by atomic mass is 9.45. The summed E-state index contributed by atoms with van der Waals surface area (Å²) in [6, 6.07) is 0. The van der Waals surface area contributed by atoms with Crippen LogP contribution in [0, 0.1) is 34.5 Å². The summed E-state index contributed by atoms with van der Waals surface area (Å²) in [5.41, 5.74) is -1.23. The molecule has 4 aliphatic rings. The van der Waals surface area contributed by atoms with Gasteiger partial charge in [-0.25, -0.2) is 0 Å². The van der Waals surface area contributed by atoms with Crippen LogP contribution in [0.2, 0.25) is 0 Å². The minimum absolute atomic E-state index is 0.0697. The molecule has 7 heteroatoms. The Hall–Kier alpha value is -1.57. The molecule has 0 aromatic heterocycles. The molecular weight excluding hydrogens is 460 g/mol. The van der Waals surface area contributed by atoms with Crippen LogP contribution in [-0.2, 0) is 14.4 Å². The van der Waals surface area contributed by atoms with Crippen molar-refractivity contribution in [3.8, 4) is 0 Å². The molecule has 7 atom stereocenters. The van der Waals surface area contributed by atoms with Gasteiger partial charge in [0.05, 0.1) is 12.0 Å². The number of ketones is 2. The molecule has 0 aliphatic heterocycles. The van der Waals surface area contributed by atoms with Gasteiger partial charge in [-0.05, 0) is 80.6 Å². The first-order valence-corrected chi connectivity index (χ1v) is 13.9. The number of carbonyl (C=O) groups excluding carboxylic acids is 2. The van der Waals surface area contributed by atoms with Gasteiger partial charge in [0.15, 0.2) is 11.6 Å². The highest BCUT2D eigenvalue weighted by molar-refractivity contribution is 5.91. The highest BCUT2D eigenvalue weighted by Gasteiger charge is 2.68. The van der Waals surface area contributed by atoms with E-state index in [-0.39, 0.29) is 34.9 Å². The molecule has 4 N–H and O–H groups in total. The summed E-state index contributed by atoms with van der Waals surface area (Å²) in [6.07, 6.45) is 9.32. The second kappa shape index (κ2) is 11.0. The van der Waals surface area contributed by atoms with Gasteiger partial charge in [-0.15, -0.1) is 0 Å². The van der Waals surface area contributed by atoms with Crippen LogP contribution in [0.5, 0.6) is 0 Å². The van der Waals surface area contributed by atoms with Crippen molar-refractivity contribution in [3.05, 3.63) is 11.6 Å². The quantitative estimate of drug-likeness (QED) is 0.409. The monoisotopic (exact) mass is 506 g/mol. The maximum absolute atomic E-state index is 12.4. The lowest BCUT2D eigenvalue weighted by Gasteiger charge is -2.60. The molecule has 0 radical (unpaired) electrons. The normalized spacial score (nSPS) is 39.3. The Kier molecular flexibility index (Phi) is 8.89. The van der Waals surface area contributed by atoms with E-state index in [1.54, 1.807) is 6.08 Å². The van der Waals surface area contributed by atoms with Gasteiger partial charge in [0.25, 0.3) is 0 Å². The number of carboxylic acid groups (broad SMARTS) is 1. The molecule has 3 fully saturated rings. The van der Waals surface area contributed by atoms with Crippen molar-refractivity contribution < 1.29 is 34.8 Å². The molecule has 0 saturated heterocycles. The minimum atomic E-state index is -1.54. The van der Waals surface area contributed by atoms with Crippen LogP contribution in [0.25, 0.3) is 0 Å². The molecule has 36 heavy (non-hydrogen) atoms. The van der Waals surface area contributed by atoms with Crippen LogP contribution < -0.4 is 0 Å². The molecular formula is C29H46O7. The summed E-state index contributed by atoms with van der Waals surface area (Å²) in [7, 11) is 0. The number of allylic oxidation sites excluding steroid dienone is 1. The first-order chi connectivity index (χ1) is 16.9. The Bertz CT molecular complexity index is 875. The van der Waals surface area contributed by atoms with E-state index in [0.29, 0.717) is 19.3 Å². The third kappa shape index (κ3) is 4.83. The van der Waals surface area contributed by atoms with Gasteiger partial charge in [-0.2, -0.15) is 0 Å². The Morgan fingerprint density at radius 3 is 2.28 bits per heavy atom. The van der Waals surface area contributed by atoms with Crippen LogP contribution in [0.15, 0.2) is 11.6 Å². The number of rotatable bonds is 7. The molecule has 0 aromatic carbocycles. The van der Waals surface area contributed by atoms with Crippen LogP contribution >= 0.6 is 0 Å². The number of aliphatic hydroxyl groups is 3. The van der Waals surface area contributed by atoms with E-state index in [1.807, 2.05) is 20.8 Å². The zero-order valence-electron chi connectivity index (χ0n) is 22.5. The van der Waals surface area contributed by atoms with Crippen molar-refractivity contribution in [2.45, 2.75) is 110 Å². The zero-order valence-corrected chi connectivity index (χ0v) is 22.5. The van der Waals surface area contributed by atoms with Gasteiger partial charge in [0.1, 0.15) is 12.2 Å². The van der Waals surface area contributed by atoms with Gasteiger partial charge in [-0.1, -0.05) is 46.1 Å². The molecule has 0 heterocycles. The minimum Gasteiger partial charge on any atom is -0.481 e. The summed E-state index contributed by atoms with van der Waals surface area (Å²) >= 11 is 0. The van der Waals surface area contributed by atoms with E-state index >= 15 is 0 Å². The molecule has 7 nitrogen and oxygen atoms in total. The van der Waals surface area contributed by atoms with Crippen LogP contribution in [0.4, 0.5) is 0 Å². The van der Waals surface area contributed by atoms with Gasteiger partial charge < -0.3 is 20.4 Å². The fourth-order valence-corrected chi connectivity index (χ4v) is 8.37. The molecule has 0 bridgehead atoms. The van der Waals surface area contributed by atoms with Gasteiger partial charge in [0, 0.05) is 11.8 Å². The number of fused-ring (bicyclic) bond motifs is 5. The van der Waals surface area contributed by atoms with Crippen molar-refractivity contribution in [3.63, 3.8) is 0 Å². The smallest absolute Gasteiger partial charge is 0.306 e. The molecule has 4 rings (SSSR count). The average molecular weight is 507 g/mol. The number of hydrogen-bond acceptors (Lipinski definition) is 6. The molecule has 0 spiro atoms. The van der Waals surface area contributed by atoms with Crippen molar-refractivity contribution in [1.29, 1.82) is 0 Å². The summed E-state index contributed by atoms with van der Waals surface area (Å²) in [5.74, 6) is -0.597. The second-order valence-electron chi connectivity index (χ2n) is 12.2. The Labute approximate surface area is 215 Å². The van der Waals surface area contributed by atoms with E-state index < -0.39 is 35.5 Å². The molecule has 4 aliphatic carbocycles. The Morgan fingerprint density at radius 1 is 1.08 bits per heavy atom. The zero-order chi connectivity index (χ0) is 26.9. The fraction of sp³-hybridized carbons (Fsp3) is 0.828. The third-order valence-corrected chi connectivity index (χ3v) is 10.3. The standard InChI is InChI=1S/C21H30O5.C8H16O2/c1-19-7-5-13(23)9-12(19)3-4-14-15-6-8-21(26,17(25)11-22)20(15,2)10-16(24)18(14)19;1-3-5-7(6-4-2)8(9)10/h9,14-16,18,22,24,26H,3-8,10-11H2,1-2H3;7H,3-6H2,1-2H3,(H,9,10)/t14-,15-,16-,18+,19-,20-,21-;/m0./s1. The van der Waals surface area contributed by atoms with Gasteiger partial charge in [0.2, 0.25) is 0 Å². The first-order valence-electron chi connectivity index (χ1n) is 13.9. The van der Waals surface area contributed by atoms with E-state index in [9.17, 15) is 29.7 Å². The van der Waals surface area contributed by atoms with Gasteiger partial charge >= 0.3 is 5.97 Å². The first kappa shape index (κ1) is 29.0. The van der Waals surface area contributed by atoms with E-state index in [2.05, 4.69) is 6.92 Å². The highest BCUT2D eigenvalue weighted by Crippen LogP contribution is 2.67. The van der Waals surface area contributed by atoms with Crippen LogP contribution in [0.1, 0.15) is 98.3 Å². The maximum Gasteiger partial charge on any atom is 0.306 e. The van der Waals surface area contributed by atoms with Gasteiger partial charge in [-0.3, -0.25) is 14.4 Å². The van der Waals surface area contributed by atoms with Crippen molar-refractivity contribution in [2.75, 3.05) is 6.61 Å². The predicted octanol–water partition coefficient (Wildman–Crippen LogP) is 4.07. The SMILES string of the molecule is CCCC(CCC)C(=O)O.C[C@]12CCC(=O)C=C1CC[C@@H]1[C@@H]2[C@@H](O)C[C@@]2(C)[C@H]1CC[C@]2(O)C(=O)CO. The number of aliphatic carboxylic acids is 1. The highest BCUT2D eigenvalue weighted by atomic mass is 16.4. The van der Waals surface area contributed by atoms with Crippen LogP contribution in [0.3, 0.4) is 0 Å². The summed E-state index contributed by atoms with van der Waals surface area (Å²) in [4.78, 5) is 34.7. The summed E-state index contributed by atoms with van der Waals surface area (Å²) in [6.45, 7) is 7.50. The molecule has 0 aromatic rings. The molecule has 0 unspecified atom stereocenters. The average Bonchev–Trinajstić information content (AvgIpc) is 3.10. The van der Waals surface area contributed by atoms with Crippen molar-refractivity contribution in [2.24, 2.45) is 34.5 Å². The van der Waals surface area contributed by atoms with E-state index in [0.717, 1.165) is 51.4 Å². The largest absolute Gasteiger partial charge is 0.481 e. The number of hydrogen-bond donors (Lipinski definition) is 4. The number of carbonyl (C=O) groups is 3. The summed E-state index contributed by atoms with van der Waals surface area (Å²) in [5, 5.41) is 40.4. The van der Waals surface area contributed by atoms with Crippen LogP contribution in [-0.4, -0.2) is 56.3 Å². The molecule has 3 saturated carbocycles. The number of carboxylic acids is 1. The second-order valence-corrected chi connectivity index (χ2v) is 12.2. The van der Waals surface area contributed by atoms with Crippen molar-refractivity contribution in [1.82, 2.24) is 0 Å². The Balaban J connectivity index is 0.000000308. The fourth-order valence-electron chi connectivity index (χ4n) is 8.37. The Morgan fingerprint density at radius 2 is 1.72 bits per heavy atom. The van der Waals surface area contributed by atoms with E-state index in [4.69, 9.17) is 5.11 Å². The summed E-state index contributed by atoms with van der Waals surface area (Å²) < 4.78 is 0. The maximum atomic E-state index is 12.4. The lowest BCUT2D eigenvalue weighted by Crippen LogP contribution is -2.62. The lowest BCUT2D eigenvalue weighted by molar-refractivity contribution is -0.182. The van der Waals surface area contributed by atoms with Crippen molar-refractivity contribution >= 4 is 17.5 Å². The topological polar surface area (TPSA) is 132 Å². The van der Waals surface area contributed by atoms with E-state index in [1.165, 1.54) is 5.57 Å².